The number of nitrogens with two attached hydrogens (primary N) is 1. The van der Waals surface area contributed by atoms with E-state index in [-0.39, 0.29) is 16.6 Å². The number of rotatable bonds is 2. The van der Waals surface area contributed by atoms with Crippen LogP contribution in [0.15, 0.2) is 23.1 Å². The predicted molar refractivity (Wildman–Crippen MR) is 78.8 cm³/mol. The Kier molecular flexibility index (Phi) is 3.67. The van der Waals surface area contributed by atoms with E-state index >= 15 is 0 Å². The summed E-state index contributed by atoms with van der Waals surface area (Å²) in [7, 11) is -1.79. The van der Waals surface area contributed by atoms with Gasteiger partial charge in [-0.25, -0.2) is 12.8 Å². The van der Waals surface area contributed by atoms with Crippen molar-refractivity contribution in [3.8, 4) is 0 Å². The van der Waals surface area contributed by atoms with Crippen LogP contribution in [-0.2, 0) is 10.0 Å². The summed E-state index contributed by atoms with van der Waals surface area (Å²) in [6.07, 6.45) is 2.89. The Bertz CT molecular complexity index is 650. The van der Waals surface area contributed by atoms with E-state index in [2.05, 4.69) is 4.90 Å². The molecule has 2 saturated heterocycles. The maximum atomic E-state index is 13.9. The van der Waals surface area contributed by atoms with Crippen LogP contribution >= 0.6 is 0 Å². The van der Waals surface area contributed by atoms with Crippen molar-refractivity contribution in [2.24, 2.45) is 0 Å². The van der Waals surface area contributed by atoms with Gasteiger partial charge in [-0.2, -0.15) is 4.31 Å². The lowest BCUT2D eigenvalue weighted by molar-refractivity contribution is 0.246. The van der Waals surface area contributed by atoms with Crippen LogP contribution in [0.2, 0.25) is 0 Å². The summed E-state index contributed by atoms with van der Waals surface area (Å²) in [6, 6.07) is 4.33. The van der Waals surface area contributed by atoms with Gasteiger partial charge in [0.05, 0.1) is 0 Å². The highest BCUT2D eigenvalue weighted by atomic mass is 32.2. The molecule has 2 unspecified atom stereocenters. The maximum absolute atomic E-state index is 13.9. The fourth-order valence-corrected chi connectivity index (χ4v) is 4.94. The zero-order valence-electron chi connectivity index (χ0n) is 12.0. The average Bonchev–Trinajstić information content (AvgIpc) is 2.65. The Morgan fingerprint density at radius 1 is 1.24 bits per heavy atom. The van der Waals surface area contributed by atoms with Gasteiger partial charge in [0.15, 0.2) is 0 Å². The van der Waals surface area contributed by atoms with Gasteiger partial charge in [0.1, 0.15) is 10.7 Å². The number of sulfonamides is 1. The van der Waals surface area contributed by atoms with E-state index in [1.54, 1.807) is 0 Å². The second kappa shape index (κ2) is 5.23. The normalized spacial score (nSPS) is 27.7. The fourth-order valence-electron chi connectivity index (χ4n) is 3.35. The number of hydrogen-bond acceptors (Lipinski definition) is 4. The summed E-state index contributed by atoms with van der Waals surface area (Å²) in [4.78, 5) is 1.94. The Labute approximate surface area is 124 Å². The Morgan fingerprint density at radius 3 is 2.71 bits per heavy atom. The van der Waals surface area contributed by atoms with Crippen molar-refractivity contribution in [2.45, 2.75) is 36.2 Å². The number of nitrogen functional groups attached to an aromatic ring is 1. The van der Waals surface area contributed by atoms with E-state index in [0.717, 1.165) is 25.3 Å². The second-order valence-corrected chi connectivity index (χ2v) is 7.80. The fraction of sp³-hybridized carbons (Fsp3) is 0.571. The molecule has 3 rings (SSSR count). The van der Waals surface area contributed by atoms with E-state index in [1.165, 1.54) is 16.4 Å². The quantitative estimate of drug-likeness (QED) is 0.835. The number of hydrogen-bond donors (Lipinski definition) is 1. The smallest absolute Gasteiger partial charge is 0.246 e. The highest BCUT2D eigenvalue weighted by Crippen LogP contribution is 2.31. The van der Waals surface area contributed by atoms with Crippen LogP contribution in [0.1, 0.15) is 19.3 Å². The molecule has 0 aliphatic carbocycles. The molecule has 0 spiro atoms. The summed E-state index contributed by atoms with van der Waals surface area (Å²) in [5.41, 5.74) is 5.86. The molecular weight excluding hydrogens is 293 g/mol. The molecule has 2 atom stereocenters. The lowest BCUT2D eigenvalue weighted by Gasteiger charge is -2.25. The molecule has 116 valence electrons. The second-order valence-electron chi connectivity index (χ2n) is 5.89. The molecule has 1 aromatic carbocycles. The molecule has 2 aliphatic heterocycles. The van der Waals surface area contributed by atoms with Crippen LogP contribution in [0.5, 0.6) is 0 Å². The number of benzene rings is 1. The maximum Gasteiger partial charge on any atom is 0.246 e. The van der Waals surface area contributed by atoms with E-state index in [0.29, 0.717) is 19.1 Å². The number of likely N-dealkylation sites (N-methyl/N-ethyl adjacent to an activating group) is 1. The van der Waals surface area contributed by atoms with Gasteiger partial charge in [-0.3, -0.25) is 4.90 Å². The summed E-state index contributed by atoms with van der Waals surface area (Å²) < 4.78 is 40.7. The third kappa shape index (κ3) is 2.54. The Balaban J connectivity index is 1.93. The standard InChI is InChI=1S/C14H20FN3O2S/c1-17-11-3-4-12(17)9-18(7-6-11)21(19,20)14-8-10(16)2-5-13(14)15/h2,5,8,11-12H,3-4,6-7,9,16H2,1H3. The predicted octanol–water partition coefficient (Wildman–Crippen LogP) is 1.27. The molecule has 0 aromatic heterocycles. The summed E-state index contributed by atoms with van der Waals surface area (Å²) in [5.74, 6) is -0.744. The first-order valence-electron chi connectivity index (χ1n) is 7.16. The van der Waals surface area contributed by atoms with Crippen LogP contribution in [-0.4, -0.2) is 49.8 Å². The van der Waals surface area contributed by atoms with E-state index in [1.807, 2.05) is 7.05 Å². The molecular formula is C14H20FN3O2S. The SMILES string of the molecule is CN1C2CCC1CN(S(=O)(=O)c1cc(N)ccc1F)CC2. The molecule has 7 heteroatoms. The summed E-state index contributed by atoms with van der Waals surface area (Å²) in [6.45, 7) is 0.853. The molecule has 0 saturated carbocycles. The lowest BCUT2D eigenvalue weighted by atomic mass is 10.1. The van der Waals surface area contributed by atoms with Crippen LogP contribution in [0.3, 0.4) is 0 Å². The lowest BCUT2D eigenvalue weighted by Crippen LogP contribution is -2.39. The van der Waals surface area contributed by atoms with Crippen LogP contribution in [0.25, 0.3) is 0 Å². The van der Waals surface area contributed by atoms with Gasteiger partial charge in [0.25, 0.3) is 0 Å². The summed E-state index contributed by atoms with van der Waals surface area (Å²) >= 11 is 0. The van der Waals surface area contributed by atoms with Crippen molar-refractivity contribution in [2.75, 3.05) is 25.9 Å². The largest absolute Gasteiger partial charge is 0.399 e. The number of halogens is 1. The van der Waals surface area contributed by atoms with Crippen LogP contribution in [0.4, 0.5) is 10.1 Å². The van der Waals surface area contributed by atoms with Crippen molar-refractivity contribution in [3.63, 3.8) is 0 Å². The third-order valence-electron chi connectivity index (χ3n) is 4.68. The molecule has 2 fully saturated rings. The number of anilines is 1. The first-order valence-corrected chi connectivity index (χ1v) is 8.60. The topological polar surface area (TPSA) is 66.6 Å². The van der Waals surface area contributed by atoms with Gasteiger partial charge in [0.2, 0.25) is 10.0 Å². The molecule has 0 radical (unpaired) electrons. The van der Waals surface area contributed by atoms with Crippen molar-refractivity contribution in [3.05, 3.63) is 24.0 Å². The number of nitrogens with zero attached hydrogens (tertiary/aromatic N) is 2. The first kappa shape index (κ1) is 14.7. The van der Waals surface area contributed by atoms with Crippen molar-refractivity contribution in [1.82, 2.24) is 9.21 Å². The molecule has 2 aliphatic rings. The third-order valence-corrected chi connectivity index (χ3v) is 6.56. The van der Waals surface area contributed by atoms with Crippen molar-refractivity contribution in [1.29, 1.82) is 0 Å². The monoisotopic (exact) mass is 313 g/mol. The van der Waals surface area contributed by atoms with Crippen LogP contribution in [0, 0.1) is 5.82 Å². The number of fused-ring (bicyclic) bond motifs is 2. The zero-order chi connectivity index (χ0) is 15.2. The highest BCUT2D eigenvalue weighted by molar-refractivity contribution is 7.89. The van der Waals surface area contributed by atoms with Gasteiger partial charge < -0.3 is 5.73 Å². The average molecular weight is 313 g/mol. The minimum absolute atomic E-state index is 0.219. The molecule has 1 aromatic rings. The van der Waals surface area contributed by atoms with Gasteiger partial charge in [0, 0.05) is 30.9 Å². The van der Waals surface area contributed by atoms with Crippen molar-refractivity contribution < 1.29 is 12.8 Å². The molecule has 2 heterocycles. The molecule has 5 nitrogen and oxygen atoms in total. The van der Waals surface area contributed by atoms with Gasteiger partial charge in [-0.1, -0.05) is 0 Å². The van der Waals surface area contributed by atoms with E-state index in [9.17, 15) is 12.8 Å². The first-order chi connectivity index (χ1) is 9.89. The highest BCUT2D eigenvalue weighted by Gasteiger charge is 2.39. The summed E-state index contributed by atoms with van der Waals surface area (Å²) in [5, 5.41) is 0. The van der Waals surface area contributed by atoms with Gasteiger partial charge in [-0.05, 0) is 44.5 Å². The zero-order valence-corrected chi connectivity index (χ0v) is 12.8. The Hall–Kier alpha value is -1.18. The van der Waals surface area contributed by atoms with Gasteiger partial charge in [-0.15, -0.1) is 0 Å². The molecule has 2 N–H and O–H groups in total. The molecule has 0 amide bonds. The minimum Gasteiger partial charge on any atom is -0.399 e. The van der Waals surface area contributed by atoms with E-state index < -0.39 is 15.8 Å². The van der Waals surface area contributed by atoms with E-state index in [4.69, 9.17) is 5.73 Å². The van der Waals surface area contributed by atoms with Crippen molar-refractivity contribution >= 4 is 15.7 Å². The van der Waals surface area contributed by atoms with Gasteiger partial charge >= 0.3 is 0 Å². The molecule has 21 heavy (non-hydrogen) atoms. The Morgan fingerprint density at radius 2 is 1.95 bits per heavy atom. The van der Waals surface area contributed by atoms with Crippen LogP contribution < -0.4 is 5.73 Å². The minimum atomic E-state index is -3.83. The molecule has 2 bridgehead atoms.